The second-order valence-electron chi connectivity index (χ2n) is 4.90. The Hall–Kier alpha value is -2.88. The molecular formula is C18H16N2O2. The SMILES string of the molecule is COC(=O)c1cc(NCc2ccccc2)nc2ccccc12. The molecule has 0 aliphatic rings. The Bertz CT molecular complexity index is 801. The lowest BCUT2D eigenvalue weighted by atomic mass is 10.1. The molecule has 3 aromatic rings. The standard InChI is InChI=1S/C18H16N2O2/c1-22-18(21)15-11-17(19-12-13-7-3-2-4-8-13)20-16-10-6-5-9-14(15)16/h2-11H,12H2,1H3,(H,19,20). The molecule has 22 heavy (non-hydrogen) atoms. The number of anilines is 1. The summed E-state index contributed by atoms with van der Waals surface area (Å²) in [6.45, 7) is 0.646. The Morgan fingerprint density at radius 3 is 2.59 bits per heavy atom. The van der Waals surface area contributed by atoms with Gasteiger partial charge in [0.2, 0.25) is 0 Å². The van der Waals surface area contributed by atoms with Crippen molar-refractivity contribution >= 4 is 22.7 Å². The molecule has 4 heteroatoms. The van der Waals surface area contributed by atoms with E-state index in [9.17, 15) is 4.79 Å². The van der Waals surface area contributed by atoms with E-state index in [1.807, 2.05) is 54.6 Å². The molecule has 3 rings (SSSR count). The van der Waals surface area contributed by atoms with E-state index < -0.39 is 0 Å². The summed E-state index contributed by atoms with van der Waals surface area (Å²) in [7, 11) is 1.38. The van der Waals surface area contributed by atoms with Crippen LogP contribution >= 0.6 is 0 Å². The second-order valence-corrected chi connectivity index (χ2v) is 4.90. The number of pyridine rings is 1. The normalized spacial score (nSPS) is 10.4. The van der Waals surface area contributed by atoms with Gasteiger partial charge in [-0.15, -0.1) is 0 Å². The molecule has 0 aliphatic carbocycles. The van der Waals surface area contributed by atoms with E-state index in [-0.39, 0.29) is 5.97 Å². The Balaban J connectivity index is 1.94. The van der Waals surface area contributed by atoms with Crippen molar-refractivity contribution in [2.45, 2.75) is 6.54 Å². The highest BCUT2D eigenvalue weighted by atomic mass is 16.5. The fourth-order valence-electron chi connectivity index (χ4n) is 2.33. The molecule has 0 amide bonds. The van der Waals surface area contributed by atoms with E-state index in [1.54, 1.807) is 6.07 Å². The molecule has 0 fully saturated rings. The Labute approximate surface area is 128 Å². The van der Waals surface area contributed by atoms with E-state index in [4.69, 9.17) is 4.74 Å². The molecule has 0 bridgehead atoms. The van der Waals surface area contributed by atoms with Gasteiger partial charge in [0.05, 0.1) is 18.2 Å². The van der Waals surface area contributed by atoms with Crippen LogP contribution in [-0.2, 0) is 11.3 Å². The van der Waals surface area contributed by atoms with Crippen LogP contribution in [0.4, 0.5) is 5.82 Å². The van der Waals surface area contributed by atoms with Crippen LogP contribution in [-0.4, -0.2) is 18.1 Å². The Kier molecular flexibility index (Phi) is 4.01. The molecule has 0 unspecified atom stereocenters. The van der Waals surface area contributed by atoms with Crippen LogP contribution in [0.5, 0.6) is 0 Å². The summed E-state index contributed by atoms with van der Waals surface area (Å²) < 4.78 is 4.87. The van der Waals surface area contributed by atoms with Gasteiger partial charge in [-0.05, 0) is 17.7 Å². The van der Waals surface area contributed by atoms with Gasteiger partial charge in [-0.25, -0.2) is 9.78 Å². The third-order valence-electron chi connectivity index (χ3n) is 3.44. The number of nitrogens with zero attached hydrogens (tertiary/aromatic N) is 1. The zero-order valence-corrected chi connectivity index (χ0v) is 12.2. The lowest BCUT2D eigenvalue weighted by molar-refractivity contribution is 0.0603. The fourth-order valence-corrected chi connectivity index (χ4v) is 2.33. The van der Waals surface area contributed by atoms with Crippen LogP contribution in [0.3, 0.4) is 0 Å². The van der Waals surface area contributed by atoms with Gasteiger partial charge in [-0.3, -0.25) is 0 Å². The van der Waals surface area contributed by atoms with E-state index in [0.29, 0.717) is 17.9 Å². The van der Waals surface area contributed by atoms with E-state index in [0.717, 1.165) is 16.5 Å². The monoisotopic (exact) mass is 292 g/mol. The molecule has 0 aliphatic heterocycles. The van der Waals surface area contributed by atoms with Crippen LogP contribution in [0.25, 0.3) is 10.9 Å². The first-order chi connectivity index (χ1) is 10.8. The van der Waals surface area contributed by atoms with Crippen molar-refractivity contribution in [3.05, 3.63) is 71.8 Å². The highest BCUT2D eigenvalue weighted by Gasteiger charge is 2.12. The molecule has 1 heterocycles. The number of carbonyl (C=O) groups is 1. The molecule has 4 nitrogen and oxygen atoms in total. The number of fused-ring (bicyclic) bond motifs is 1. The van der Waals surface area contributed by atoms with Gasteiger partial charge in [0.1, 0.15) is 5.82 Å². The van der Waals surface area contributed by atoms with Gasteiger partial charge >= 0.3 is 5.97 Å². The molecule has 1 N–H and O–H groups in total. The maximum Gasteiger partial charge on any atom is 0.338 e. The number of hydrogen-bond acceptors (Lipinski definition) is 4. The van der Waals surface area contributed by atoms with Crippen LogP contribution in [0.2, 0.25) is 0 Å². The summed E-state index contributed by atoms with van der Waals surface area (Å²) in [6.07, 6.45) is 0. The van der Waals surface area contributed by atoms with Crippen molar-refractivity contribution in [3.63, 3.8) is 0 Å². The molecule has 0 saturated carbocycles. The Morgan fingerprint density at radius 2 is 1.82 bits per heavy atom. The Morgan fingerprint density at radius 1 is 1.09 bits per heavy atom. The summed E-state index contributed by atoms with van der Waals surface area (Å²) in [6, 6.07) is 19.3. The van der Waals surface area contributed by atoms with E-state index in [1.165, 1.54) is 7.11 Å². The number of benzene rings is 2. The minimum Gasteiger partial charge on any atom is -0.465 e. The van der Waals surface area contributed by atoms with Crippen LogP contribution in [0, 0.1) is 0 Å². The number of aromatic nitrogens is 1. The minimum atomic E-state index is -0.360. The topological polar surface area (TPSA) is 51.2 Å². The molecule has 0 spiro atoms. The average Bonchev–Trinajstić information content (AvgIpc) is 2.59. The first-order valence-corrected chi connectivity index (χ1v) is 7.04. The van der Waals surface area contributed by atoms with Gasteiger partial charge in [0.15, 0.2) is 0 Å². The minimum absolute atomic E-state index is 0.360. The molecule has 0 radical (unpaired) electrons. The summed E-state index contributed by atoms with van der Waals surface area (Å²) in [5, 5.41) is 4.04. The number of hydrogen-bond donors (Lipinski definition) is 1. The average molecular weight is 292 g/mol. The zero-order chi connectivity index (χ0) is 15.4. The quantitative estimate of drug-likeness (QED) is 0.746. The van der Waals surface area contributed by atoms with Crippen molar-refractivity contribution in [3.8, 4) is 0 Å². The van der Waals surface area contributed by atoms with Crippen LogP contribution in [0.1, 0.15) is 15.9 Å². The summed E-state index contributed by atoms with van der Waals surface area (Å²) in [4.78, 5) is 16.5. The van der Waals surface area contributed by atoms with Crippen molar-refractivity contribution < 1.29 is 9.53 Å². The largest absolute Gasteiger partial charge is 0.465 e. The first kappa shape index (κ1) is 14.1. The predicted molar refractivity (Wildman–Crippen MR) is 86.9 cm³/mol. The van der Waals surface area contributed by atoms with Crippen molar-refractivity contribution in [1.82, 2.24) is 4.98 Å². The van der Waals surface area contributed by atoms with Crippen molar-refractivity contribution in [2.24, 2.45) is 0 Å². The lowest BCUT2D eigenvalue weighted by Gasteiger charge is -2.10. The number of ether oxygens (including phenoxy) is 1. The van der Waals surface area contributed by atoms with Gasteiger partial charge in [0, 0.05) is 11.9 Å². The van der Waals surface area contributed by atoms with Gasteiger partial charge in [0.25, 0.3) is 0 Å². The number of esters is 1. The van der Waals surface area contributed by atoms with Crippen LogP contribution in [0.15, 0.2) is 60.7 Å². The third-order valence-corrected chi connectivity index (χ3v) is 3.44. The maximum atomic E-state index is 12.0. The summed E-state index contributed by atoms with van der Waals surface area (Å²) in [5.41, 5.74) is 2.43. The molecule has 0 atom stereocenters. The summed E-state index contributed by atoms with van der Waals surface area (Å²) in [5.74, 6) is 0.296. The van der Waals surface area contributed by atoms with Crippen molar-refractivity contribution in [2.75, 3.05) is 12.4 Å². The first-order valence-electron chi connectivity index (χ1n) is 7.04. The second kappa shape index (κ2) is 6.26. The van der Waals surface area contributed by atoms with Gasteiger partial charge < -0.3 is 10.1 Å². The highest BCUT2D eigenvalue weighted by Crippen LogP contribution is 2.21. The molecule has 0 saturated heterocycles. The highest BCUT2D eigenvalue weighted by molar-refractivity contribution is 6.04. The number of nitrogens with one attached hydrogen (secondary N) is 1. The summed E-state index contributed by atoms with van der Waals surface area (Å²) >= 11 is 0. The molecule has 110 valence electrons. The number of rotatable bonds is 4. The van der Waals surface area contributed by atoms with Crippen molar-refractivity contribution in [1.29, 1.82) is 0 Å². The molecule has 1 aromatic heterocycles. The third kappa shape index (κ3) is 2.91. The van der Waals surface area contributed by atoms with Gasteiger partial charge in [-0.1, -0.05) is 48.5 Å². The van der Waals surface area contributed by atoms with E-state index in [2.05, 4.69) is 10.3 Å². The number of methoxy groups -OCH3 is 1. The van der Waals surface area contributed by atoms with E-state index >= 15 is 0 Å². The smallest absolute Gasteiger partial charge is 0.338 e. The molecular weight excluding hydrogens is 276 g/mol. The maximum absolute atomic E-state index is 12.0. The fraction of sp³-hybridized carbons (Fsp3) is 0.111. The van der Waals surface area contributed by atoms with Gasteiger partial charge in [-0.2, -0.15) is 0 Å². The molecule has 2 aromatic carbocycles. The number of para-hydroxylation sites is 1. The number of carbonyl (C=O) groups excluding carboxylic acids is 1. The lowest BCUT2D eigenvalue weighted by Crippen LogP contribution is -2.07. The van der Waals surface area contributed by atoms with Crippen LogP contribution < -0.4 is 5.32 Å². The zero-order valence-electron chi connectivity index (χ0n) is 12.2. The predicted octanol–water partition coefficient (Wildman–Crippen LogP) is 3.63.